The number of anilines is 1. The highest BCUT2D eigenvalue weighted by molar-refractivity contribution is 5.95. The van der Waals surface area contributed by atoms with Crippen molar-refractivity contribution in [2.24, 2.45) is 0 Å². The fourth-order valence-electron chi connectivity index (χ4n) is 2.89. The number of benzene rings is 2. The summed E-state index contributed by atoms with van der Waals surface area (Å²) in [5.41, 5.74) is 3.67. The number of carbonyl (C=O) groups excluding carboxylic acids is 3. The van der Waals surface area contributed by atoms with Gasteiger partial charge in [-0.25, -0.2) is 0 Å². The van der Waals surface area contributed by atoms with Crippen molar-refractivity contribution in [1.29, 1.82) is 0 Å². The van der Waals surface area contributed by atoms with Crippen molar-refractivity contribution in [3.05, 3.63) is 65.2 Å². The van der Waals surface area contributed by atoms with Gasteiger partial charge in [-0.3, -0.25) is 14.4 Å². The molecule has 0 saturated carbocycles. The average molecular weight is 381 g/mol. The molecule has 0 radical (unpaired) electrons. The molecule has 0 heterocycles. The second-order valence-corrected chi connectivity index (χ2v) is 6.91. The number of aryl methyl sites for hydroxylation is 1. The van der Waals surface area contributed by atoms with Gasteiger partial charge in [0.25, 0.3) is 0 Å². The molecule has 2 aromatic carbocycles. The zero-order valence-electron chi connectivity index (χ0n) is 16.8. The molecule has 28 heavy (non-hydrogen) atoms. The topological polar surface area (TPSA) is 78.5 Å². The Balaban J connectivity index is 1.99. The number of hydrogen-bond donors (Lipinski definition) is 2. The number of nitrogens with one attached hydrogen (secondary N) is 2. The summed E-state index contributed by atoms with van der Waals surface area (Å²) in [7, 11) is 1.58. The first-order chi connectivity index (χ1) is 13.3. The Morgan fingerprint density at radius 1 is 1.00 bits per heavy atom. The Morgan fingerprint density at radius 3 is 2.32 bits per heavy atom. The Kier molecular flexibility index (Phi) is 7.32. The van der Waals surface area contributed by atoms with Crippen LogP contribution in [0.15, 0.2) is 48.5 Å². The molecule has 2 aromatic rings. The molecule has 0 saturated heterocycles. The maximum atomic E-state index is 12.6. The maximum Gasteiger partial charge on any atom is 0.243 e. The summed E-state index contributed by atoms with van der Waals surface area (Å²) in [6.07, 6.45) is 0.0802. The summed E-state index contributed by atoms with van der Waals surface area (Å²) in [6, 6.07) is 14.6. The summed E-state index contributed by atoms with van der Waals surface area (Å²) in [5.74, 6) is -0.698. The van der Waals surface area contributed by atoms with Gasteiger partial charge in [-0.05, 0) is 36.6 Å². The highest BCUT2D eigenvalue weighted by Gasteiger charge is 2.21. The summed E-state index contributed by atoms with van der Waals surface area (Å²) >= 11 is 0. The van der Waals surface area contributed by atoms with Crippen molar-refractivity contribution in [3.63, 3.8) is 0 Å². The van der Waals surface area contributed by atoms with Gasteiger partial charge in [0.2, 0.25) is 17.7 Å². The minimum absolute atomic E-state index is 0.0617. The van der Waals surface area contributed by atoms with E-state index >= 15 is 0 Å². The lowest BCUT2D eigenvalue weighted by molar-refractivity contribution is -0.134. The van der Waals surface area contributed by atoms with Gasteiger partial charge in [-0.15, -0.1) is 0 Å². The van der Waals surface area contributed by atoms with E-state index < -0.39 is 6.04 Å². The molecule has 6 nitrogen and oxygen atoms in total. The Morgan fingerprint density at radius 2 is 1.68 bits per heavy atom. The van der Waals surface area contributed by atoms with E-state index in [0.717, 1.165) is 22.4 Å². The molecule has 0 bridgehead atoms. The third kappa shape index (κ3) is 5.94. The van der Waals surface area contributed by atoms with Crippen LogP contribution in [-0.4, -0.2) is 36.2 Å². The summed E-state index contributed by atoms with van der Waals surface area (Å²) in [5, 5.41) is 5.65. The lowest BCUT2D eigenvalue weighted by Crippen LogP contribution is -2.38. The normalized spacial score (nSPS) is 11.4. The van der Waals surface area contributed by atoms with Crippen molar-refractivity contribution in [2.45, 2.75) is 33.2 Å². The second kappa shape index (κ2) is 9.69. The minimum Gasteiger partial charge on any atom is -0.349 e. The number of likely N-dealkylation sites (N-methyl/N-ethyl adjacent to an activating group) is 1. The van der Waals surface area contributed by atoms with Crippen LogP contribution in [0.2, 0.25) is 0 Å². The molecule has 0 fully saturated rings. The second-order valence-electron chi connectivity index (χ2n) is 6.91. The van der Waals surface area contributed by atoms with Crippen LogP contribution in [-0.2, 0) is 14.4 Å². The lowest BCUT2D eigenvalue weighted by atomic mass is 10.0. The van der Waals surface area contributed by atoms with E-state index in [-0.39, 0.29) is 30.7 Å². The van der Waals surface area contributed by atoms with E-state index in [4.69, 9.17) is 0 Å². The van der Waals surface area contributed by atoms with Crippen LogP contribution >= 0.6 is 0 Å². The molecule has 0 aromatic heterocycles. The average Bonchev–Trinajstić information content (AvgIpc) is 2.65. The highest BCUT2D eigenvalue weighted by Crippen LogP contribution is 2.19. The number of nitrogens with zero attached hydrogens (tertiary/aromatic N) is 1. The third-order valence-electron chi connectivity index (χ3n) is 4.64. The molecule has 0 spiro atoms. The first-order valence-electron chi connectivity index (χ1n) is 9.20. The van der Waals surface area contributed by atoms with Crippen molar-refractivity contribution in [1.82, 2.24) is 10.2 Å². The monoisotopic (exact) mass is 381 g/mol. The van der Waals surface area contributed by atoms with Crippen LogP contribution in [0.25, 0.3) is 0 Å². The molecular weight excluding hydrogens is 354 g/mol. The van der Waals surface area contributed by atoms with Gasteiger partial charge in [0.1, 0.15) is 0 Å². The molecular formula is C22H27N3O3. The van der Waals surface area contributed by atoms with Gasteiger partial charge in [-0.2, -0.15) is 0 Å². The SMILES string of the molecule is CC(=O)NC(CC(=O)N(C)CC(=O)Nc1cccc(C)c1C)c1ccccc1. The number of rotatable bonds is 7. The van der Waals surface area contributed by atoms with Crippen molar-refractivity contribution >= 4 is 23.4 Å². The fourth-order valence-corrected chi connectivity index (χ4v) is 2.89. The van der Waals surface area contributed by atoms with E-state index in [9.17, 15) is 14.4 Å². The van der Waals surface area contributed by atoms with Crippen LogP contribution in [0.3, 0.4) is 0 Å². The lowest BCUT2D eigenvalue weighted by Gasteiger charge is -2.22. The summed E-state index contributed by atoms with van der Waals surface area (Å²) in [6.45, 7) is 5.28. The number of carbonyl (C=O) groups is 3. The van der Waals surface area contributed by atoms with Gasteiger partial charge < -0.3 is 15.5 Å². The van der Waals surface area contributed by atoms with Crippen molar-refractivity contribution < 1.29 is 14.4 Å². The molecule has 2 rings (SSSR count). The third-order valence-corrected chi connectivity index (χ3v) is 4.64. The smallest absolute Gasteiger partial charge is 0.243 e. The van der Waals surface area contributed by atoms with E-state index in [1.807, 2.05) is 62.4 Å². The number of amides is 3. The molecule has 6 heteroatoms. The first kappa shape index (κ1) is 21.2. The molecule has 3 amide bonds. The summed E-state index contributed by atoms with van der Waals surface area (Å²) < 4.78 is 0. The van der Waals surface area contributed by atoms with E-state index in [1.165, 1.54) is 11.8 Å². The predicted molar refractivity (Wildman–Crippen MR) is 110 cm³/mol. The molecule has 0 aliphatic heterocycles. The molecule has 1 unspecified atom stereocenters. The largest absolute Gasteiger partial charge is 0.349 e. The summed E-state index contributed by atoms with van der Waals surface area (Å²) in [4.78, 5) is 37.9. The number of hydrogen-bond acceptors (Lipinski definition) is 3. The van der Waals surface area contributed by atoms with Crippen LogP contribution in [0, 0.1) is 13.8 Å². The standard InChI is InChI=1S/C22H27N3O3/c1-15-9-8-12-19(16(15)2)24-21(27)14-25(4)22(28)13-20(23-17(3)26)18-10-6-5-7-11-18/h5-12,20H,13-14H2,1-4H3,(H,23,26)(H,24,27). The van der Waals surface area contributed by atoms with Gasteiger partial charge >= 0.3 is 0 Å². The molecule has 2 N–H and O–H groups in total. The predicted octanol–water partition coefficient (Wildman–Crippen LogP) is 2.97. The van der Waals surface area contributed by atoms with E-state index in [1.54, 1.807) is 7.05 Å². The zero-order chi connectivity index (χ0) is 20.7. The molecule has 1 atom stereocenters. The Labute approximate surface area is 165 Å². The molecule has 148 valence electrons. The Bertz CT molecular complexity index is 849. The van der Waals surface area contributed by atoms with E-state index in [2.05, 4.69) is 10.6 Å². The van der Waals surface area contributed by atoms with Crippen LogP contribution in [0.5, 0.6) is 0 Å². The van der Waals surface area contributed by atoms with Gasteiger partial charge in [-0.1, -0.05) is 42.5 Å². The van der Waals surface area contributed by atoms with Crippen LogP contribution in [0.4, 0.5) is 5.69 Å². The minimum atomic E-state index is -0.435. The van der Waals surface area contributed by atoms with Crippen LogP contribution in [0.1, 0.15) is 36.1 Å². The van der Waals surface area contributed by atoms with Gasteiger partial charge in [0.05, 0.1) is 19.0 Å². The van der Waals surface area contributed by atoms with Crippen LogP contribution < -0.4 is 10.6 Å². The van der Waals surface area contributed by atoms with Gasteiger partial charge in [0.15, 0.2) is 0 Å². The molecule has 0 aliphatic rings. The van der Waals surface area contributed by atoms with Crippen molar-refractivity contribution in [3.8, 4) is 0 Å². The quantitative estimate of drug-likeness (QED) is 0.774. The highest BCUT2D eigenvalue weighted by atomic mass is 16.2. The molecule has 0 aliphatic carbocycles. The fraction of sp³-hybridized carbons (Fsp3) is 0.318. The first-order valence-corrected chi connectivity index (χ1v) is 9.20. The zero-order valence-corrected chi connectivity index (χ0v) is 16.8. The van der Waals surface area contributed by atoms with Crippen molar-refractivity contribution in [2.75, 3.05) is 18.9 Å². The van der Waals surface area contributed by atoms with E-state index in [0.29, 0.717) is 0 Å². The van der Waals surface area contributed by atoms with Gasteiger partial charge in [0, 0.05) is 19.7 Å². The Hall–Kier alpha value is -3.15. The maximum absolute atomic E-state index is 12.6.